The van der Waals surface area contributed by atoms with E-state index in [1.165, 1.54) is 0 Å². The molecule has 2 N–H and O–H groups in total. The lowest BCUT2D eigenvalue weighted by molar-refractivity contribution is -0.167. The first-order valence-corrected chi connectivity index (χ1v) is 6.21. The number of aliphatic hydroxyl groups excluding tert-OH is 2. The fraction of sp³-hybridized carbons (Fsp3) is 0.500. The molecule has 0 spiro atoms. The number of carbonyl (C=O) groups is 1. The van der Waals surface area contributed by atoms with Crippen LogP contribution in [0.15, 0.2) is 30.3 Å². The molecule has 1 heterocycles. The van der Waals surface area contributed by atoms with Gasteiger partial charge < -0.3 is 19.7 Å². The Labute approximate surface area is 111 Å². The summed E-state index contributed by atoms with van der Waals surface area (Å²) in [4.78, 5) is 11.8. The lowest BCUT2D eigenvalue weighted by Crippen LogP contribution is -2.34. The molecule has 5 nitrogen and oxygen atoms in total. The topological polar surface area (TPSA) is 76.0 Å². The molecule has 0 saturated carbocycles. The molecule has 1 aromatic carbocycles. The Kier molecular flexibility index (Phi) is 4.19. The van der Waals surface area contributed by atoms with Crippen LogP contribution in [0.4, 0.5) is 0 Å². The fourth-order valence-electron chi connectivity index (χ4n) is 2.10. The standard InChI is InChI=1S/C14H18O5/c1-14(9-15)7-11(16)12(19-14)13(17)18-8-10-5-3-2-4-6-10/h2-6,11-12,15-16H,7-9H2,1H3/t11-,12+,14-/m1/s1. The molecule has 0 amide bonds. The molecule has 0 aromatic heterocycles. The van der Waals surface area contributed by atoms with Crippen LogP contribution in [0.25, 0.3) is 0 Å². The van der Waals surface area contributed by atoms with E-state index in [0.29, 0.717) is 0 Å². The van der Waals surface area contributed by atoms with Crippen LogP contribution in [-0.2, 0) is 20.9 Å². The van der Waals surface area contributed by atoms with Crippen molar-refractivity contribution < 1.29 is 24.5 Å². The van der Waals surface area contributed by atoms with E-state index >= 15 is 0 Å². The van der Waals surface area contributed by atoms with Gasteiger partial charge in [0.2, 0.25) is 0 Å². The van der Waals surface area contributed by atoms with E-state index in [1.807, 2.05) is 30.3 Å². The molecule has 1 aliphatic rings. The molecule has 1 aliphatic heterocycles. The summed E-state index contributed by atoms with van der Waals surface area (Å²) >= 11 is 0. The average molecular weight is 266 g/mol. The zero-order chi connectivity index (χ0) is 13.9. The third-order valence-electron chi connectivity index (χ3n) is 3.19. The van der Waals surface area contributed by atoms with Gasteiger partial charge in [0, 0.05) is 6.42 Å². The molecule has 19 heavy (non-hydrogen) atoms. The highest BCUT2D eigenvalue weighted by Gasteiger charge is 2.46. The second kappa shape index (κ2) is 5.69. The maximum absolute atomic E-state index is 11.8. The fourth-order valence-corrected chi connectivity index (χ4v) is 2.10. The number of aliphatic hydroxyl groups is 2. The van der Waals surface area contributed by atoms with Crippen molar-refractivity contribution in [3.63, 3.8) is 0 Å². The van der Waals surface area contributed by atoms with Gasteiger partial charge in [-0.3, -0.25) is 0 Å². The van der Waals surface area contributed by atoms with Gasteiger partial charge in [0.15, 0.2) is 6.10 Å². The summed E-state index contributed by atoms with van der Waals surface area (Å²) < 4.78 is 10.5. The van der Waals surface area contributed by atoms with Crippen LogP contribution >= 0.6 is 0 Å². The van der Waals surface area contributed by atoms with Gasteiger partial charge in [0.05, 0.1) is 18.3 Å². The van der Waals surface area contributed by atoms with Crippen LogP contribution in [0.5, 0.6) is 0 Å². The van der Waals surface area contributed by atoms with Crippen molar-refractivity contribution in [3.8, 4) is 0 Å². The molecular formula is C14H18O5. The van der Waals surface area contributed by atoms with Gasteiger partial charge in [-0.25, -0.2) is 4.79 Å². The number of rotatable bonds is 4. The first kappa shape index (κ1) is 14.0. The molecule has 3 atom stereocenters. The van der Waals surface area contributed by atoms with Gasteiger partial charge in [-0.2, -0.15) is 0 Å². The van der Waals surface area contributed by atoms with Crippen LogP contribution in [0.3, 0.4) is 0 Å². The molecule has 1 saturated heterocycles. The van der Waals surface area contributed by atoms with E-state index in [-0.39, 0.29) is 19.6 Å². The molecule has 104 valence electrons. The smallest absolute Gasteiger partial charge is 0.338 e. The minimum Gasteiger partial charge on any atom is -0.459 e. The van der Waals surface area contributed by atoms with Gasteiger partial charge in [-0.05, 0) is 12.5 Å². The number of esters is 1. The normalized spacial score (nSPS) is 30.3. The van der Waals surface area contributed by atoms with Crippen molar-refractivity contribution in [1.29, 1.82) is 0 Å². The minimum absolute atomic E-state index is 0.141. The molecule has 2 rings (SSSR count). The highest BCUT2D eigenvalue weighted by Crippen LogP contribution is 2.30. The molecule has 1 fully saturated rings. The van der Waals surface area contributed by atoms with E-state index in [4.69, 9.17) is 14.6 Å². The summed E-state index contributed by atoms with van der Waals surface area (Å²) in [6.45, 7) is 1.55. The lowest BCUT2D eigenvalue weighted by atomic mass is 10.0. The maximum atomic E-state index is 11.8. The minimum atomic E-state index is -1.03. The second-order valence-corrected chi connectivity index (χ2v) is 5.01. The number of benzene rings is 1. The summed E-state index contributed by atoms with van der Waals surface area (Å²) in [5.41, 5.74) is -0.0104. The Morgan fingerprint density at radius 1 is 1.47 bits per heavy atom. The molecule has 0 unspecified atom stereocenters. The van der Waals surface area contributed by atoms with E-state index in [0.717, 1.165) is 5.56 Å². The summed E-state index contributed by atoms with van der Waals surface area (Å²) in [5, 5.41) is 18.9. The maximum Gasteiger partial charge on any atom is 0.338 e. The van der Waals surface area contributed by atoms with Crippen LogP contribution in [0.1, 0.15) is 18.9 Å². The van der Waals surface area contributed by atoms with Gasteiger partial charge in [0.1, 0.15) is 6.61 Å². The van der Waals surface area contributed by atoms with E-state index in [1.54, 1.807) is 6.92 Å². The number of hydrogen-bond acceptors (Lipinski definition) is 5. The average Bonchev–Trinajstić information content (AvgIpc) is 2.73. The highest BCUT2D eigenvalue weighted by atomic mass is 16.6. The van der Waals surface area contributed by atoms with Crippen molar-refractivity contribution >= 4 is 5.97 Å². The largest absolute Gasteiger partial charge is 0.459 e. The zero-order valence-electron chi connectivity index (χ0n) is 10.8. The molecule has 0 bridgehead atoms. The monoisotopic (exact) mass is 266 g/mol. The van der Waals surface area contributed by atoms with Gasteiger partial charge in [0.25, 0.3) is 0 Å². The van der Waals surface area contributed by atoms with Crippen molar-refractivity contribution in [3.05, 3.63) is 35.9 Å². The Morgan fingerprint density at radius 3 is 2.74 bits per heavy atom. The van der Waals surface area contributed by atoms with E-state index in [2.05, 4.69) is 0 Å². The van der Waals surface area contributed by atoms with Crippen LogP contribution in [-0.4, -0.2) is 40.6 Å². The molecular weight excluding hydrogens is 248 g/mol. The Morgan fingerprint density at radius 2 is 2.16 bits per heavy atom. The van der Waals surface area contributed by atoms with E-state index in [9.17, 15) is 9.90 Å². The first-order chi connectivity index (χ1) is 9.04. The Bertz CT molecular complexity index is 433. The van der Waals surface area contributed by atoms with Crippen LogP contribution < -0.4 is 0 Å². The van der Waals surface area contributed by atoms with Crippen molar-refractivity contribution in [2.75, 3.05) is 6.61 Å². The third-order valence-corrected chi connectivity index (χ3v) is 3.19. The second-order valence-electron chi connectivity index (χ2n) is 5.01. The summed E-state index contributed by atoms with van der Waals surface area (Å²) in [7, 11) is 0. The summed E-state index contributed by atoms with van der Waals surface area (Å²) in [6, 6.07) is 9.27. The van der Waals surface area contributed by atoms with Crippen molar-refractivity contribution in [2.45, 2.75) is 37.8 Å². The highest BCUT2D eigenvalue weighted by molar-refractivity contribution is 5.76. The third kappa shape index (κ3) is 3.32. The molecule has 0 radical (unpaired) electrons. The molecule has 0 aliphatic carbocycles. The van der Waals surface area contributed by atoms with Gasteiger partial charge in [-0.15, -0.1) is 0 Å². The lowest BCUT2D eigenvalue weighted by Gasteiger charge is -2.20. The molecule has 5 heteroatoms. The SMILES string of the molecule is C[C@]1(CO)C[C@@H](O)[C@@H](C(=O)OCc2ccccc2)O1. The van der Waals surface area contributed by atoms with E-state index < -0.39 is 23.8 Å². The summed E-state index contributed by atoms with van der Waals surface area (Å²) in [6.07, 6.45) is -1.75. The predicted molar refractivity (Wildman–Crippen MR) is 67.2 cm³/mol. The van der Waals surface area contributed by atoms with Crippen LogP contribution in [0, 0.1) is 0 Å². The number of hydrogen-bond donors (Lipinski definition) is 2. The quantitative estimate of drug-likeness (QED) is 0.782. The first-order valence-electron chi connectivity index (χ1n) is 6.21. The van der Waals surface area contributed by atoms with Crippen molar-refractivity contribution in [2.24, 2.45) is 0 Å². The molecule has 1 aromatic rings. The van der Waals surface area contributed by atoms with Crippen LogP contribution in [0.2, 0.25) is 0 Å². The zero-order valence-corrected chi connectivity index (χ0v) is 10.8. The predicted octanol–water partition coefficient (Wildman–Crippen LogP) is 0.631. The Hall–Kier alpha value is -1.43. The Balaban J connectivity index is 1.90. The van der Waals surface area contributed by atoms with Gasteiger partial charge >= 0.3 is 5.97 Å². The number of ether oxygens (including phenoxy) is 2. The number of carbonyl (C=O) groups excluding carboxylic acids is 1. The van der Waals surface area contributed by atoms with Crippen molar-refractivity contribution in [1.82, 2.24) is 0 Å². The summed E-state index contributed by atoms with van der Waals surface area (Å²) in [5.74, 6) is -0.603. The van der Waals surface area contributed by atoms with Gasteiger partial charge in [-0.1, -0.05) is 30.3 Å².